The van der Waals surface area contributed by atoms with Crippen LogP contribution in [-0.2, 0) is 4.79 Å². The molecule has 0 aliphatic rings. The van der Waals surface area contributed by atoms with Gasteiger partial charge in [0.15, 0.2) is 0 Å². The largest absolute Gasteiger partial charge is 0.303 e. The highest BCUT2D eigenvalue weighted by atomic mass is 16.1. The fraction of sp³-hybridized carbons (Fsp3) is 0.154. The molecule has 1 heterocycles. The number of aldehydes is 1. The second-order valence-electron chi connectivity index (χ2n) is 3.64. The molecule has 2 rings (SSSR count). The summed E-state index contributed by atoms with van der Waals surface area (Å²) in [4.78, 5) is 18.8. The van der Waals surface area contributed by atoms with Gasteiger partial charge in [-0.05, 0) is 11.1 Å². The van der Waals surface area contributed by atoms with Crippen LogP contribution in [0, 0.1) is 0 Å². The lowest BCUT2D eigenvalue weighted by atomic mass is 9.94. The van der Waals surface area contributed by atoms with Crippen LogP contribution in [0.5, 0.6) is 0 Å². The molecule has 0 aliphatic heterocycles. The van der Waals surface area contributed by atoms with E-state index in [9.17, 15) is 4.79 Å². The molecule has 3 heteroatoms. The summed E-state index contributed by atoms with van der Waals surface area (Å²) in [5, 5.41) is 0. The van der Waals surface area contributed by atoms with Gasteiger partial charge in [-0.3, -0.25) is 0 Å². The minimum Gasteiger partial charge on any atom is -0.303 e. The Bertz CT molecular complexity index is 482. The van der Waals surface area contributed by atoms with Crippen molar-refractivity contribution >= 4 is 6.29 Å². The summed E-state index contributed by atoms with van der Waals surface area (Å²) >= 11 is 0. The Labute approximate surface area is 94.2 Å². The average Bonchev–Trinajstić information content (AvgIpc) is 2.39. The minimum atomic E-state index is -0.114. The first-order valence-corrected chi connectivity index (χ1v) is 5.12. The second kappa shape index (κ2) is 4.66. The predicted molar refractivity (Wildman–Crippen MR) is 61.9 cm³/mol. The normalized spacial score (nSPS) is 12.1. The Morgan fingerprint density at radius 1 is 1.19 bits per heavy atom. The van der Waals surface area contributed by atoms with Crippen molar-refractivity contribution in [2.75, 3.05) is 0 Å². The van der Waals surface area contributed by atoms with Crippen molar-refractivity contribution in [3.05, 3.63) is 48.5 Å². The number of hydrogen-bond donors (Lipinski definition) is 0. The van der Waals surface area contributed by atoms with E-state index in [4.69, 9.17) is 0 Å². The van der Waals surface area contributed by atoms with Crippen molar-refractivity contribution in [1.29, 1.82) is 0 Å². The van der Waals surface area contributed by atoms with Gasteiger partial charge in [-0.25, -0.2) is 9.97 Å². The van der Waals surface area contributed by atoms with Gasteiger partial charge in [0, 0.05) is 23.9 Å². The smallest absolute Gasteiger partial charge is 0.127 e. The van der Waals surface area contributed by atoms with Gasteiger partial charge >= 0.3 is 0 Å². The van der Waals surface area contributed by atoms with E-state index in [2.05, 4.69) is 9.97 Å². The SMILES string of the molecule is CC(C=O)c1ccccc1-c1cncnc1. The maximum Gasteiger partial charge on any atom is 0.127 e. The lowest BCUT2D eigenvalue weighted by Gasteiger charge is -2.10. The highest BCUT2D eigenvalue weighted by molar-refractivity contribution is 5.73. The first kappa shape index (κ1) is 10.5. The van der Waals surface area contributed by atoms with Gasteiger partial charge in [-0.15, -0.1) is 0 Å². The molecule has 0 radical (unpaired) electrons. The van der Waals surface area contributed by atoms with E-state index in [1.54, 1.807) is 12.4 Å². The standard InChI is InChI=1S/C13H12N2O/c1-10(8-16)12-4-2-3-5-13(12)11-6-14-9-15-7-11/h2-10H,1H3. The topological polar surface area (TPSA) is 42.9 Å². The molecule has 1 aromatic heterocycles. The third-order valence-corrected chi connectivity index (χ3v) is 2.53. The van der Waals surface area contributed by atoms with Crippen LogP contribution in [0.25, 0.3) is 11.1 Å². The number of rotatable bonds is 3. The summed E-state index contributed by atoms with van der Waals surface area (Å²) in [5.41, 5.74) is 2.96. The van der Waals surface area contributed by atoms with Gasteiger partial charge in [0.1, 0.15) is 12.6 Å². The maximum absolute atomic E-state index is 10.9. The number of hydrogen-bond acceptors (Lipinski definition) is 3. The Hall–Kier alpha value is -2.03. The summed E-state index contributed by atoms with van der Waals surface area (Å²) in [6.07, 6.45) is 5.95. The van der Waals surface area contributed by atoms with Crippen molar-refractivity contribution in [3.8, 4) is 11.1 Å². The van der Waals surface area contributed by atoms with Crippen LogP contribution in [0.3, 0.4) is 0 Å². The van der Waals surface area contributed by atoms with Crippen molar-refractivity contribution in [3.63, 3.8) is 0 Å². The summed E-state index contributed by atoms with van der Waals surface area (Å²) in [6.45, 7) is 1.88. The van der Waals surface area contributed by atoms with Crippen molar-refractivity contribution in [1.82, 2.24) is 9.97 Å². The van der Waals surface area contributed by atoms with Crippen LogP contribution in [0.2, 0.25) is 0 Å². The fourth-order valence-electron chi connectivity index (χ4n) is 1.67. The van der Waals surface area contributed by atoms with Crippen molar-refractivity contribution in [2.24, 2.45) is 0 Å². The summed E-state index contributed by atoms with van der Waals surface area (Å²) in [6, 6.07) is 7.82. The molecular formula is C13H12N2O. The molecule has 16 heavy (non-hydrogen) atoms. The molecule has 2 aromatic rings. The lowest BCUT2D eigenvalue weighted by Crippen LogP contribution is -1.97. The van der Waals surface area contributed by atoms with Crippen LogP contribution >= 0.6 is 0 Å². The molecule has 80 valence electrons. The van der Waals surface area contributed by atoms with Gasteiger partial charge < -0.3 is 4.79 Å². The summed E-state index contributed by atoms with van der Waals surface area (Å²) < 4.78 is 0. The van der Waals surface area contributed by atoms with Crippen LogP contribution in [0.4, 0.5) is 0 Å². The zero-order valence-electron chi connectivity index (χ0n) is 9.00. The zero-order valence-corrected chi connectivity index (χ0v) is 9.00. The highest BCUT2D eigenvalue weighted by Gasteiger charge is 2.10. The monoisotopic (exact) mass is 212 g/mol. The van der Waals surface area contributed by atoms with Gasteiger partial charge in [-0.2, -0.15) is 0 Å². The Balaban J connectivity index is 2.53. The van der Waals surface area contributed by atoms with Gasteiger partial charge in [0.25, 0.3) is 0 Å². The van der Waals surface area contributed by atoms with E-state index in [0.29, 0.717) is 0 Å². The molecule has 0 spiro atoms. The Morgan fingerprint density at radius 3 is 2.56 bits per heavy atom. The molecule has 0 saturated heterocycles. The molecular weight excluding hydrogens is 200 g/mol. The number of benzene rings is 1. The molecule has 0 amide bonds. The van der Waals surface area contributed by atoms with Crippen molar-refractivity contribution in [2.45, 2.75) is 12.8 Å². The molecule has 0 fully saturated rings. The first-order chi connectivity index (χ1) is 7.83. The van der Waals surface area contributed by atoms with Crippen LogP contribution in [-0.4, -0.2) is 16.3 Å². The molecule has 1 atom stereocenters. The molecule has 0 N–H and O–H groups in total. The third kappa shape index (κ3) is 1.98. The van der Waals surface area contributed by atoms with Crippen LogP contribution in [0.1, 0.15) is 18.4 Å². The van der Waals surface area contributed by atoms with E-state index >= 15 is 0 Å². The van der Waals surface area contributed by atoms with Gasteiger partial charge in [-0.1, -0.05) is 31.2 Å². The highest BCUT2D eigenvalue weighted by Crippen LogP contribution is 2.27. The summed E-state index contributed by atoms with van der Waals surface area (Å²) in [7, 11) is 0. The molecule has 0 saturated carbocycles. The lowest BCUT2D eigenvalue weighted by molar-refractivity contribution is -0.108. The predicted octanol–water partition coefficient (Wildman–Crippen LogP) is 2.45. The first-order valence-electron chi connectivity index (χ1n) is 5.12. The Kier molecular flexibility index (Phi) is 3.05. The van der Waals surface area contributed by atoms with E-state index in [1.807, 2.05) is 31.2 Å². The molecule has 0 bridgehead atoms. The molecule has 1 aromatic carbocycles. The summed E-state index contributed by atoms with van der Waals surface area (Å²) in [5.74, 6) is -0.114. The second-order valence-corrected chi connectivity index (χ2v) is 3.64. The van der Waals surface area contributed by atoms with Gasteiger partial charge in [0.2, 0.25) is 0 Å². The quantitative estimate of drug-likeness (QED) is 0.734. The van der Waals surface area contributed by atoms with E-state index < -0.39 is 0 Å². The minimum absolute atomic E-state index is 0.114. The fourth-order valence-corrected chi connectivity index (χ4v) is 1.67. The third-order valence-electron chi connectivity index (χ3n) is 2.53. The Morgan fingerprint density at radius 2 is 1.88 bits per heavy atom. The number of carbonyl (C=O) groups excluding carboxylic acids is 1. The molecule has 1 unspecified atom stereocenters. The van der Waals surface area contributed by atoms with E-state index in [1.165, 1.54) is 6.33 Å². The van der Waals surface area contributed by atoms with Crippen LogP contribution in [0.15, 0.2) is 43.0 Å². The number of nitrogens with zero attached hydrogens (tertiary/aromatic N) is 2. The van der Waals surface area contributed by atoms with E-state index in [0.717, 1.165) is 23.0 Å². The zero-order chi connectivity index (χ0) is 11.4. The van der Waals surface area contributed by atoms with Crippen molar-refractivity contribution < 1.29 is 4.79 Å². The molecule has 3 nitrogen and oxygen atoms in total. The molecule has 0 aliphatic carbocycles. The number of carbonyl (C=O) groups is 1. The van der Waals surface area contributed by atoms with E-state index in [-0.39, 0.29) is 5.92 Å². The average molecular weight is 212 g/mol. The van der Waals surface area contributed by atoms with Gasteiger partial charge in [0.05, 0.1) is 0 Å². The maximum atomic E-state index is 10.9. The number of aromatic nitrogens is 2. The van der Waals surface area contributed by atoms with Crippen LogP contribution < -0.4 is 0 Å².